The standard InChI is InChI=1S/C33H40N4O6S/c1-20(2)30-27(38)13-8-14-28(30)43-17-29(39)36-25(15-22-9-5-4-6-10-22)31(40)33(42)37-19-44-18-26(37)32(41)35-16-23-11-7-12-24(34)21(23)3/h4-14,20,25-26,31,38,40H,15-19,34H2,1-3H3,(H,35,41)(H,36,39)/t25-,26-,31-/m0/s1. The van der Waals surface area contributed by atoms with Crippen LogP contribution in [0.4, 0.5) is 5.69 Å². The van der Waals surface area contributed by atoms with Gasteiger partial charge < -0.3 is 36.2 Å². The third-order valence-corrected chi connectivity index (χ3v) is 8.68. The van der Waals surface area contributed by atoms with Crippen molar-refractivity contribution >= 4 is 35.2 Å². The quantitative estimate of drug-likeness (QED) is 0.194. The average Bonchev–Trinajstić information content (AvgIpc) is 3.50. The lowest BCUT2D eigenvalue weighted by Crippen LogP contribution is -2.56. The third-order valence-electron chi connectivity index (χ3n) is 7.67. The summed E-state index contributed by atoms with van der Waals surface area (Å²) in [5.74, 6) is -0.499. The molecule has 0 aliphatic carbocycles. The third kappa shape index (κ3) is 8.03. The number of carbonyl (C=O) groups is 3. The number of phenols is 1. The highest BCUT2D eigenvalue weighted by Gasteiger charge is 2.40. The van der Waals surface area contributed by atoms with Crippen LogP contribution in [0.1, 0.15) is 42.0 Å². The lowest BCUT2D eigenvalue weighted by molar-refractivity contribution is -0.146. The molecule has 0 bridgehead atoms. The molecule has 44 heavy (non-hydrogen) atoms. The second-order valence-corrected chi connectivity index (χ2v) is 12.1. The van der Waals surface area contributed by atoms with Crippen LogP contribution in [0, 0.1) is 6.92 Å². The molecule has 3 aromatic rings. The van der Waals surface area contributed by atoms with E-state index in [0.717, 1.165) is 16.7 Å². The van der Waals surface area contributed by atoms with Crippen molar-refractivity contribution in [3.05, 3.63) is 89.0 Å². The lowest BCUT2D eigenvalue weighted by Gasteiger charge is -2.30. The Bertz CT molecular complexity index is 1470. The Kier molecular flexibility index (Phi) is 11.1. The van der Waals surface area contributed by atoms with Crippen LogP contribution in [0.3, 0.4) is 0 Å². The van der Waals surface area contributed by atoms with E-state index in [1.165, 1.54) is 16.7 Å². The minimum absolute atomic E-state index is 0.0436. The summed E-state index contributed by atoms with van der Waals surface area (Å²) < 4.78 is 5.75. The van der Waals surface area contributed by atoms with E-state index < -0.39 is 30.0 Å². The average molecular weight is 621 g/mol. The first kappa shape index (κ1) is 32.7. The number of nitrogen functional groups attached to an aromatic ring is 1. The first-order valence-electron chi connectivity index (χ1n) is 14.5. The maximum Gasteiger partial charge on any atom is 0.258 e. The van der Waals surface area contributed by atoms with E-state index in [9.17, 15) is 24.6 Å². The van der Waals surface area contributed by atoms with Crippen LogP contribution in [-0.4, -0.2) is 69.3 Å². The van der Waals surface area contributed by atoms with Gasteiger partial charge in [-0.2, -0.15) is 0 Å². The summed E-state index contributed by atoms with van der Waals surface area (Å²) in [4.78, 5) is 41.2. The highest BCUT2D eigenvalue weighted by Crippen LogP contribution is 2.34. The number of hydrogen-bond acceptors (Lipinski definition) is 8. The first-order chi connectivity index (χ1) is 21.1. The Balaban J connectivity index is 1.45. The monoisotopic (exact) mass is 620 g/mol. The number of hydrogen-bond donors (Lipinski definition) is 5. The van der Waals surface area contributed by atoms with Crippen LogP contribution in [0.5, 0.6) is 11.5 Å². The number of aliphatic hydroxyl groups is 1. The van der Waals surface area contributed by atoms with Gasteiger partial charge in [-0.25, -0.2) is 0 Å². The van der Waals surface area contributed by atoms with Crippen LogP contribution in [0.2, 0.25) is 0 Å². The molecule has 0 saturated carbocycles. The lowest BCUT2D eigenvalue weighted by atomic mass is 9.99. The predicted molar refractivity (Wildman–Crippen MR) is 171 cm³/mol. The number of nitrogens with one attached hydrogen (secondary N) is 2. The molecule has 1 aliphatic rings. The van der Waals surface area contributed by atoms with Gasteiger partial charge in [-0.3, -0.25) is 14.4 Å². The number of rotatable bonds is 12. The topological polar surface area (TPSA) is 154 Å². The number of phenolic OH excluding ortho intramolecular Hbond substituents is 1. The number of thioether (sulfide) groups is 1. The number of benzene rings is 3. The number of carbonyl (C=O) groups excluding carboxylic acids is 3. The molecule has 3 atom stereocenters. The van der Waals surface area contributed by atoms with E-state index >= 15 is 0 Å². The van der Waals surface area contributed by atoms with Crippen LogP contribution in [0.15, 0.2) is 66.7 Å². The highest BCUT2D eigenvalue weighted by molar-refractivity contribution is 7.99. The van der Waals surface area contributed by atoms with E-state index in [1.54, 1.807) is 24.3 Å². The Labute approximate surface area is 262 Å². The van der Waals surface area contributed by atoms with Crippen molar-refractivity contribution in [2.45, 2.75) is 57.8 Å². The van der Waals surface area contributed by atoms with Gasteiger partial charge in [0, 0.05) is 23.5 Å². The van der Waals surface area contributed by atoms with Gasteiger partial charge in [0.2, 0.25) is 5.91 Å². The second-order valence-electron chi connectivity index (χ2n) is 11.1. The van der Waals surface area contributed by atoms with Crippen molar-refractivity contribution in [1.82, 2.24) is 15.5 Å². The van der Waals surface area contributed by atoms with Gasteiger partial charge in [0.05, 0.1) is 11.9 Å². The molecule has 3 aromatic carbocycles. The minimum atomic E-state index is -1.61. The predicted octanol–water partition coefficient (Wildman–Crippen LogP) is 3.09. The fraction of sp³-hybridized carbons (Fsp3) is 0.364. The number of aromatic hydroxyl groups is 1. The van der Waals surface area contributed by atoms with Gasteiger partial charge in [-0.15, -0.1) is 11.8 Å². The van der Waals surface area contributed by atoms with Gasteiger partial charge >= 0.3 is 0 Å². The SMILES string of the molecule is Cc1c(N)cccc1CNC(=O)[C@@H]1CSCN1C(=O)[C@@H](O)[C@H](Cc1ccccc1)NC(=O)COc1cccc(O)c1C(C)C. The number of nitrogens with two attached hydrogens (primary N) is 1. The molecule has 1 fully saturated rings. The maximum absolute atomic E-state index is 13.6. The van der Waals surface area contributed by atoms with Gasteiger partial charge in [0.15, 0.2) is 12.7 Å². The zero-order valence-electron chi connectivity index (χ0n) is 25.2. The molecule has 0 radical (unpaired) electrons. The first-order valence-corrected chi connectivity index (χ1v) is 15.7. The normalized spacial score (nSPS) is 15.9. The molecule has 1 heterocycles. The fourth-order valence-corrected chi connectivity index (χ4v) is 6.32. The van der Waals surface area contributed by atoms with Crippen LogP contribution in [-0.2, 0) is 27.3 Å². The molecule has 4 rings (SSSR count). The van der Waals surface area contributed by atoms with E-state index in [4.69, 9.17) is 10.5 Å². The maximum atomic E-state index is 13.6. The van der Waals surface area contributed by atoms with Crippen molar-refractivity contribution < 1.29 is 29.3 Å². The van der Waals surface area contributed by atoms with E-state index in [0.29, 0.717) is 22.8 Å². The minimum Gasteiger partial charge on any atom is -0.508 e. The van der Waals surface area contributed by atoms with Crippen molar-refractivity contribution in [2.24, 2.45) is 0 Å². The molecule has 0 aromatic heterocycles. The summed E-state index contributed by atoms with van der Waals surface area (Å²) in [6.45, 7) is 5.56. The molecular weight excluding hydrogens is 580 g/mol. The molecule has 1 saturated heterocycles. The summed E-state index contributed by atoms with van der Waals surface area (Å²) in [6.07, 6.45) is -1.44. The molecule has 234 valence electrons. The molecule has 11 heteroatoms. The number of nitrogens with zero attached hydrogens (tertiary/aromatic N) is 1. The molecule has 0 unspecified atom stereocenters. The summed E-state index contributed by atoms with van der Waals surface area (Å²) in [7, 11) is 0. The van der Waals surface area contributed by atoms with E-state index in [1.807, 2.05) is 63.2 Å². The number of amides is 3. The summed E-state index contributed by atoms with van der Waals surface area (Å²) in [5, 5.41) is 27.2. The van der Waals surface area contributed by atoms with Crippen LogP contribution < -0.4 is 21.1 Å². The van der Waals surface area contributed by atoms with Gasteiger partial charge in [-0.05, 0) is 54.2 Å². The van der Waals surface area contributed by atoms with Crippen molar-refractivity contribution in [3.8, 4) is 11.5 Å². The van der Waals surface area contributed by atoms with Crippen molar-refractivity contribution in [3.63, 3.8) is 0 Å². The van der Waals surface area contributed by atoms with Crippen LogP contribution >= 0.6 is 11.8 Å². The second kappa shape index (κ2) is 15.0. The Morgan fingerprint density at radius 3 is 2.52 bits per heavy atom. The zero-order chi connectivity index (χ0) is 31.8. The summed E-state index contributed by atoms with van der Waals surface area (Å²) in [5.41, 5.74) is 9.77. The fourth-order valence-electron chi connectivity index (χ4n) is 5.15. The molecule has 6 N–H and O–H groups in total. The molecule has 1 aliphatic heterocycles. The van der Waals surface area contributed by atoms with Gasteiger partial charge in [0.1, 0.15) is 17.5 Å². The molecule has 3 amide bonds. The van der Waals surface area contributed by atoms with E-state index in [-0.39, 0.29) is 43.0 Å². The largest absolute Gasteiger partial charge is 0.508 e. The van der Waals surface area contributed by atoms with Crippen molar-refractivity contribution in [2.75, 3.05) is 24.0 Å². The smallest absolute Gasteiger partial charge is 0.258 e. The van der Waals surface area contributed by atoms with E-state index in [2.05, 4.69) is 10.6 Å². The van der Waals surface area contributed by atoms with Crippen LogP contribution in [0.25, 0.3) is 0 Å². The zero-order valence-corrected chi connectivity index (χ0v) is 26.0. The number of anilines is 1. The molecule has 0 spiro atoms. The number of aliphatic hydroxyl groups excluding tert-OH is 1. The number of ether oxygens (including phenoxy) is 1. The Morgan fingerprint density at radius 1 is 1.07 bits per heavy atom. The highest BCUT2D eigenvalue weighted by atomic mass is 32.2. The Morgan fingerprint density at radius 2 is 1.80 bits per heavy atom. The van der Waals surface area contributed by atoms with Gasteiger partial charge in [-0.1, -0.05) is 62.4 Å². The molecule has 10 nitrogen and oxygen atoms in total. The van der Waals surface area contributed by atoms with Crippen molar-refractivity contribution in [1.29, 1.82) is 0 Å². The molecular formula is C33H40N4O6S. The summed E-state index contributed by atoms with van der Waals surface area (Å²) in [6, 6.07) is 17.8. The van der Waals surface area contributed by atoms with Gasteiger partial charge in [0.25, 0.3) is 11.8 Å². The Hall–Kier alpha value is -4.22. The summed E-state index contributed by atoms with van der Waals surface area (Å²) >= 11 is 1.42.